The number of aryl methyl sites for hydroxylation is 1. The summed E-state index contributed by atoms with van der Waals surface area (Å²) in [4.78, 5) is 12.9. The van der Waals surface area contributed by atoms with Crippen molar-refractivity contribution in [2.75, 3.05) is 0 Å². The Balaban J connectivity index is 1.77. The highest BCUT2D eigenvalue weighted by Gasteiger charge is 2.20. The Morgan fingerprint density at radius 3 is 1.78 bits per heavy atom. The van der Waals surface area contributed by atoms with Crippen LogP contribution in [0.3, 0.4) is 0 Å². The topological polar surface area (TPSA) is 29.1 Å². The average Bonchev–Trinajstić information content (AvgIpc) is 2.72. The zero-order valence-corrected chi connectivity index (χ0v) is 16.1. The van der Waals surface area contributed by atoms with Gasteiger partial charge in [-0.3, -0.25) is 4.79 Å². The third-order valence-corrected chi connectivity index (χ3v) is 5.02. The van der Waals surface area contributed by atoms with Crippen molar-refractivity contribution in [3.8, 4) is 0 Å². The SMILES string of the molecule is CC[C@@H](NC(=O)CC(c1ccccc1)c1ccccc1)c1ccc(C)cc1. The van der Waals surface area contributed by atoms with E-state index >= 15 is 0 Å². The van der Waals surface area contributed by atoms with Crippen LogP contribution in [0.5, 0.6) is 0 Å². The fraction of sp³-hybridized carbons (Fsp3) is 0.240. The largest absolute Gasteiger partial charge is 0.349 e. The van der Waals surface area contributed by atoms with Crippen molar-refractivity contribution in [3.05, 3.63) is 107 Å². The molecule has 3 aromatic carbocycles. The number of amides is 1. The Hall–Kier alpha value is -2.87. The molecule has 1 atom stereocenters. The van der Waals surface area contributed by atoms with Gasteiger partial charge in [0, 0.05) is 12.3 Å². The predicted octanol–water partition coefficient (Wildman–Crippen LogP) is 5.78. The van der Waals surface area contributed by atoms with Crippen molar-refractivity contribution in [2.45, 2.75) is 38.6 Å². The molecule has 1 amide bonds. The van der Waals surface area contributed by atoms with Gasteiger partial charge < -0.3 is 5.32 Å². The molecule has 2 nitrogen and oxygen atoms in total. The van der Waals surface area contributed by atoms with Crippen LogP contribution in [0.15, 0.2) is 84.9 Å². The first-order valence-corrected chi connectivity index (χ1v) is 9.63. The third kappa shape index (κ3) is 5.07. The van der Waals surface area contributed by atoms with Gasteiger partial charge in [0.05, 0.1) is 6.04 Å². The summed E-state index contributed by atoms with van der Waals surface area (Å²) in [6.07, 6.45) is 1.31. The molecule has 0 unspecified atom stereocenters. The summed E-state index contributed by atoms with van der Waals surface area (Å²) in [5.74, 6) is 0.142. The second-order valence-electron chi connectivity index (χ2n) is 7.02. The molecule has 27 heavy (non-hydrogen) atoms. The Kier molecular flexibility index (Phi) is 6.43. The number of hydrogen-bond acceptors (Lipinski definition) is 1. The molecule has 0 radical (unpaired) electrons. The number of nitrogens with one attached hydrogen (secondary N) is 1. The van der Waals surface area contributed by atoms with Gasteiger partial charge in [-0.15, -0.1) is 0 Å². The highest BCUT2D eigenvalue weighted by atomic mass is 16.1. The number of carbonyl (C=O) groups excluding carboxylic acids is 1. The minimum Gasteiger partial charge on any atom is -0.349 e. The molecule has 0 bridgehead atoms. The van der Waals surface area contributed by atoms with Crippen molar-refractivity contribution >= 4 is 5.91 Å². The maximum Gasteiger partial charge on any atom is 0.221 e. The van der Waals surface area contributed by atoms with Crippen LogP contribution in [0, 0.1) is 6.92 Å². The standard InChI is InChI=1S/C25H27NO/c1-3-24(22-16-14-19(2)15-17-22)26-25(27)18-23(20-10-6-4-7-11-20)21-12-8-5-9-13-21/h4-17,23-24H,3,18H2,1-2H3,(H,26,27)/t24-/m1/s1. The molecule has 0 aliphatic rings. The second-order valence-corrected chi connectivity index (χ2v) is 7.02. The summed E-state index contributed by atoms with van der Waals surface area (Å²) < 4.78 is 0. The van der Waals surface area contributed by atoms with Crippen LogP contribution in [-0.4, -0.2) is 5.91 Å². The lowest BCUT2D eigenvalue weighted by Crippen LogP contribution is -2.29. The molecule has 0 heterocycles. The zero-order valence-electron chi connectivity index (χ0n) is 16.1. The average molecular weight is 357 g/mol. The third-order valence-electron chi connectivity index (χ3n) is 5.02. The maximum absolute atomic E-state index is 12.9. The van der Waals surface area contributed by atoms with Crippen LogP contribution in [-0.2, 0) is 4.79 Å². The van der Waals surface area contributed by atoms with E-state index in [4.69, 9.17) is 0 Å². The van der Waals surface area contributed by atoms with E-state index in [0.29, 0.717) is 6.42 Å². The summed E-state index contributed by atoms with van der Waals surface area (Å²) >= 11 is 0. The van der Waals surface area contributed by atoms with Crippen LogP contribution in [0.1, 0.15) is 54.0 Å². The molecule has 3 rings (SSSR count). The summed E-state index contributed by atoms with van der Waals surface area (Å²) in [5.41, 5.74) is 4.73. The maximum atomic E-state index is 12.9. The fourth-order valence-electron chi connectivity index (χ4n) is 3.46. The fourth-order valence-corrected chi connectivity index (χ4v) is 3.46. The molecule has 3 aromatic rings. The Morgan fingerprint density at radius 2 is 1.30 bits per heavy atom. The summed E-state index contributed by atoms with van der Waals surface area (Å²) in [7, 11) is 0. The van der Waals surface area contributed by atoms with Gasteiger partial charge >= 0.3 is 0 Å². The Morgan fingerprint density at radius 1 is 0.778 bits per heavy atom. The molecule has 0 aliphatic carbocycles. The highest BCUT2D eigenvalue weighted by Crippen LogP contribution is 2.28. The van der Waals surface area contributed by atoms with Gasteiger partial charge in [-0.1, -0.05) is 97.4 Å². The molecular formula is C25H27NO. The molecule has 0 fully saturated rings. The first-order valence-electron chi connectivity index (χ1n) is 9.63. The number of benzene rings is 3. The van der Waals surface area contributed by atoms with E-state index < -0.39 is 0 Å². The lowest BCUT2D eigenvalue weighted by atomic mass is 9.88. The molecule has 138 valence electrons. The number of carbonyl (C=O) groups is 1. The summed E-state index contributed by atoms with van der Waals surface area (Å²) in [6.45, 7) is 4.18. The van der Waals surface area contributed by atoms with Gasteiger partial charge in [0.2, 0.25) is 5.91 Å². The molecule has 1 N–H and O–H groups in total. The highest BCUT2D eigenvalue weighted by molar-refractivity contribution is 5.78. The predicted molar refractivity (Wildman–Crippen MR) is 112 cm³/mol. The quantitative estimate of drug-likeness (QED) is 0.570. The summed E-state index contributed by atoms with van der Waals surface area (Å²) in [6, 6.07) is 29.0. The van der Waals surface area contributed by atoms with Gasteiger partial charge in [-0.2, -0.15) is 0 Å². The van der Waals surface area contributed by atoms with E-state index in [9.17, 15) is 4.79 Å². The Labute approximate surface area is 162 Å². The van der Waals surface area contributed by atoms with E-state index in [1.165, 1.54) is 16.7 Å². The van der Waals surface area contributed by atoms with E-state index in [0.717, 1.165) is 12.0 Å². The van der Waals surface area contributed by atoms with E-state index in [1.807, 2.05) is 36.4 Å². The van der Waals surface area contributed by atoms with E-state index in [2.05, 4.69) is 67.7 Å². The minimum atomic E-state index is 0.0466. The van der Waals surface area contributed by atoms with Gasteiger partial charge in [0.15, 0.2) is 0 Å². The van der Waals surface area contributed by atoms with Crippen molar-refractivity contribution < 1.29 is 4.79 Å². The Bertz CT molecular complexity index is 801. The molecular weight excluding hydrogens is 330 g/mol. The molecule has 0 saturated carbocycles. The first kappa shape index (κ1) is 18.9. The van der Waals surface area contributed by atoms with Crippen LogP contribution >= 0.6 is 0 Å². The molecule has 0 aliphatic heterocycles. The van der Waals surface area contributed by atoms with Crippen molar-refractivity contribution in [1.82, 2.24) is 5.32 Å². The van der Waals surface area contributed by atoms with Crippen molar-refractivity contribution in [1.29, 1.82) is 0 Å². The van der Waals surface area contributed by atoms with Gasteiger partial charge in [-0.25, -0.2) is 0 Å². The molecule has 0 spiro atoms. The smallest absolute Gasteiger partial charge is 0.221 e. The summed E-state index contributed by atoms with van der Waals surface area (Å²) in [5, 5.41) is 3.23. The van der Waals surface area contributed by atoms with Crippen LogP contribution in [0.25, 0.3) is 0 Å². The van der Waals surface area contributed by atoms with Crippen molar-refractivity contribution in [2.24, 2.45) is 0 Å². The molecule has 2 heteroatoms. The molecule has 0 aromatic heterocycles. The van der Waals surface area contributed by atoms with Gasteiger partial charge in [0.1, 0.15) is 0 Å². The van der Waals surface area contributed by atoms with Crippen LogP contribution < -0.4 is 5.32 Å². The van der Waals surface area contributed by atoms with E-state index in [-0.39, 0.29) is 17.9 Å². The molecule has 0 saturated heterocycles. The minimum absolute atomic E-state index is 0.0466. The van der Waals surface area contributed by atoms with Crippen LogP contribution in [0.4, 0.5) is 0 Å². The zero-order chi connectivity index (χ0) is 19.1. The lowest BCUT2D eigenvalue weighted by Gasteiger charge is -2.21. The monoisotopic (exact) mass is 357 g/mol. The number of hydrogen-bond donors (Lipinski definition) is 1. The normalized spacial score (nSPS) is 12.0. The lowest BCUT2D eigenvalue weighted by molar-refractivity contribution is -0.122. The van der Waals surface area contributed by atoms with Crippen molar-refractivity contribution in [3.63, 3.8) is 0 Å². The van der Waals surface area contributed by atoms with Gasteiger partial charge in [-0.05, 0) is 30.0 Å². The van der Waals surface area contributed by atoms with Gasteiger partial charge in [0.25, 0.3) is 0 Å². The van der Waals surface area contributed by atoms with Crippen LogP contribution in [0.2, 0.25) is 0 Å². The second kappa shape index (κ2) is 9.18. The first-order chi connectivity index (χ1) is 13.2. The number of rotatable bonds is 7. The van der Waals surface area contributed by atoms with E-state index in [1.54, 1.807) is 0 Å².